The van der Waals surface area contributed by atoms with Gasteiger partial charge in [0, 0.05) is 17.6 Å². The Bertz CT molecular complexity index is 865. The number of hydrogen-bond acceptors (Lipinski definition) is 3. The first-order chi connectivity index (χ1) is 12.3. The molecule has 1 aromatic carbocycles. The largest absolute Gasteiger partial charge is 0.478 e. The Labute approximate surface area is 153 Å². The van der Waals surface area contributed by atoms with Gasteiger partial charge in [-0.2, -0.15) is 5.10 Å². The molecule has 1 unspecified atom stereocenters. The quantitative estimate of drug-likeness (QED) is 0.809. The molecule has 26 heavy (non-hydrogen) atoms. The molecule has 0 bridgehead atoms. The van der Waals surface area contributed by atoms with E-state index in [4.69, 9.17) is 0 Å². The SMILES string of the molecule is CCC(C)n1ncc(C(=O)Nc2cc(C(=O)O)c(C)cc2C)c1C1CC1. The maximum atomic E-state index is 12.9. The van der Waals surface area contributed by atoms with Crippen LogP contribution in [0.4, 0.5) is 5.69 Å². The minimum absolute atomic E-state index is 0.198. The third kappa shape index (κ3) is 3.36. The van der Waals surface area contributed by atoms with Crippen LogP contribution in [-0.4, -0.2) is 26.8 Å². The summed E-state index contributed by atoms with van der Waals surface area (Å²) in [6, 6.07) is 3.55. The summed E-state index contributed by atoms with van der Waals surface area (Å²) in [7, 11) is 0. The second-order valence-electron chi connectivity index (χ2n) is 7.16. The van der Waals surface area contributed by atoms with Crippen molar-refractivity contribution in [1.29, 1.82) is 0 Å². The number of amides is 1. The Morgan fingerprint density at radius 2 is 1.96 bits per heavy atom. The number of nitrogens with zero attached hydrogens (tertiary/aromatic N) is 2. The van der Waals surface area contributed by atoms with Crippen molar-refractivity contribution in [2.24, 2.45) is 0 Å². The van der Waals surface area contributed by atoms with E-state index < -0.39 is 5.97 Å². The van der Waals surface area contributed by atoms with Gasteiger partial charge in [0.1, 0.15) is 0 Å². The van der Waals surface area contributed by atoms with Gasteiger partial charge in [-0.25, -0.2) is 4.79 Å². The Hall–Kier alpha value is -2.63. The molecule has 138 valence electrons. The second kappa shape index (κ2) is 6.94. The molecule has 0 aliphatic heterocycles. The number of anilines is 1. The fraction of sp³-hybridized carbons (Fsp3) is 0.450. The average molecular weight is 355 g/mol. The molecule has 1 aliphatic rings. The molecule has 3 rings (SSSR count). The molecule has 1 saturated carbocycles. The van der Waals surface area contributed by atoms with Crippen molar-refractivity contribution in [1.82, 2.24) is 9.78 Å². The zero-order chi connectivity index (χ0) is 19.0. The molecule has 2 N–H and O–H groups in total. The van der Waals surface area contributed by atoms with E-state index in [1.54, 1.807) is 19.2 Å². The van der Waals surface area contributed by atoms with E-state index in [-0.39, 0.29) is 17.5 Å². The van der Waals surface area contributed by atoms with Crippen molar-refractivity contribution in [3.05, 3.63) is 46.3 Å². The molecule has 2 aromatic rings. The monoisotopic (exact) mass is 355 g/mol. The number of carboxylic acids is 1. The summed E-state index contributed by atoms with van der Waals surface area (Å²) in [5, 5.41) is 16.7. The summed E-state index contributed by atoms with van der Waals surface area (Å²) in [5.74, 6) is -0.841. The Balaban J connectivity index is 1.93. The molecule has 6 nitrogen and oxygen atoms in total. The number of rotatable bonds is 6. The average Bonchev–Trinajstić information content (AvgIpc) is 3.34. The smallest absolute Gasteiger partial charge is 0.336 e. The molecule has 1 amide bonds. The van der Waals surface area contributed by atoms with E-state index in [9.17, 15) is 14.7 Å². The van der Waals surface area contributed by atoms with Gasteiger partial charge in [0.25, 0.3) is 5.91 Å². The Morgan fingerprint density at radius 1 is 1.27 bits per heavy atom. The van der Waals surface area contributed by atoms with Crippen LogP contribution in [0.5, 0.6) is 0 Å². The van der Waals surface area contributed by atoms with E-state index in [0.29, 0.717) is 22.7 Å². The van der Waals surface area contributed by atoms with Crippen molar-refractivity contribution < 1.29 is 14.7 Å². The first kappa shape index (κ1) is 18.2. The number of carboxylic acid groups (broad SMARTS) is 1. The molecule has 1 atom stereocenters. The van der Waals surface area contributed by atoms with Crippen molar-refractivity contribution in [2.75, 3.05) is 5.32 Å². The van der Waals surface area contributed by atoms with Crippen LogP contribution in [0, 0.1) is 13.8 Å². The van der Waals surface area contributed by atoms with Crippen molar-refractivity contribution in [3.8, 4) is 0 Å². The highest BCUT2D eigenvalue weighted by atomic mass is 16.4. The van der Waals surface area contributed by atoms with Gasteiger partial charge >= 0.3 is 5.97 Å². The summed E-state index contributed by atoms with van der Waals surface area (Å²) in [6.07, 6.45) is 4.74. The lowest BCUT2D eigenvalue weighted by atomic mass is 10.0. The molecular weight excluding hydrogens is 330 g/mol. The lowest BCUT2D eigenvalue weighted by Gasteiger charge is -2.15. The van der Waals surface area contributed by atoms with E-state index in [1.165, 1.54) is 6.07 Å². The molecule has 0 spiro atoms. The van der Waals surface area contributed by atoms with Crippen LogP contribution in [0.1, 0.15) is 82.6 Å². The number of aryl methyl sites for hydroxylation is 2. The highest BCUT2D eigenvalue weighted by Crippen LogP contribution is 2.43. The van der Waals surface area contributed by atoms with Gasteiger partial charge in [0.15, 0.2) is 0 Å². The summed E-state index contributed by atoms with van der Waals surface area (Å²) in [5.41, 5.74) is 3.82. The minimum Gasteiger partial charge on any atom is -0.478 e. The van der Waals surface area contributed by atoms with Crippen LogP contribution in [0.25, 0.3) is 0 Å². The van der Waals surface area contributed by atoms with Gasteiger partial charge in [-0.1, -0.05) is 13.0 Å². The molecule has 1 fully saturated rings. The van der Waals surface area contributed by atoms with Gasteiger partial charge in [-0.3, -0.25) is 9.48 Å². The summed E-state index contributed by atoms with van der Waals surface area (Å²) >= 11 is 0. The first-order valence-electron chi connectivity index (χ1n) is 9.06. The molecule has 1 aromatic heterocycles. The summed E-state index contributed by atoms with van der Waals surface area (Å²) in [4.78, 5) is 24.3. The predicted octanol–water partition coefficient (Wildman–Crippen LogP) is 4.30. The van der Waals surface area contributed by atoms with Crippen molar-refractivity contribution >= 4 is 17.6 Å². The third-order valence-corrected chi connectivity index (χ3v) is 5.10. The van der Waals surface area contributed by atoms with Crippen molar-refractivity contribution in [3.63, 3.8) is 0 Å². The number of carbonyl (C=O) groups is 2. The lowest BCUT2D eigenvalue weighted by molar-refractivity contribution is 0.0695. The van der Waals surface area contributed by atoms with E-state index in [0.717, 1.165) is 30.5 Å². The molecular formula is C20H25N3O3. The Morgan fingerprint density at radius 3 is 2.54 bits per heavy atom. The van der Waals surface area contributed by atoms with Crippen LogP contribution in [0.15, 0.2) is 18.3 Å². The first-order valence-corrected chi connectivity index (χ1v) is 9.06. The molecule has 1 aliphatic carbocycles. The van der Waals surface area contributed by atoms with Crippen LogP contribution in [-0.2, 0) is 0 Å². The van der Waals surface area contributed by atoms with Gasteiger partial charge in [0.05, 0.1) is 23.0 Å². The fourth-order valence-electron chi connectivity index (χ4n) is 3.24. The van der Waals surface area contributed by atoms with Crippen LogP contribution >= 0.6 is 0 Å². The molecule has 0 radical (unpaired) electrons. The van der Waals surface area contributed by atoms with E-state index in [2.05, 4.69) is 24.3 Å². The van der Waals surface area contributed by atoms with Gasteiger partial charge in [-0.15, -0.1) is 0 Å². The van der Waals surface area contributed by atoms with Gasteiger partial charge < -0.3 is 10.4 Å². The Kier molecular flexibility index (Phi) is 4.85. The number of aromatic nitrogens is 2. The third-order valence-electron chi connectivity index (χ3n) is 5.10. The maximum Gasteiger partial charge on any atom is 0.336 e. The standard InChI is InChI=1S/C20H25N3O3/c1-5-13(4)23-18(14-6-7-14)16(10-21-23)19(24)22-17-9-15(20(25)26)11(2)8-12(17)3/h8-10,13-14H,5-7H2,1-4H3,(H,22,24)(H,25,26). The zero-order valence-electron chi connectivity index (χ0n) is 15.7. The van der Waals surface area contributed by atoms with Crippen LogP contribution in [0.2, 0.25) is 0 Å². The maximum absolute atomic E-state index is 12.9. The number of aromatic carboxylic acids is 1. The molecule has 0 saturated heterocycles. The van der Waals surface area contributed by atoms with Crippen molar-refractivity contribution in [2.45, 2.75) is 58.9 Å². The van der Waals surface area contributed by atoms with Crippen LogP contribution < -0.4 is 5.32 Å². The van der Waals surface area contributed by atoms with Crippen LogP contribution in [0.3, 0.4) is 0 Å². The predicted molar refractivity (Wildman–Crippen MR) is 100 cm³/mol. The summed E-state index contributed by atoms with van der Waals surface area (Å²) in [6.45, 7) is 7.82. The van der Waals surface area contributed by atoms with E-state index >= 15 is 0 Å². The zero-order valence-corrected chi connectivity index (χ0v) is 15.7. The number of carbonyl (C=O) groups excluding carboxylic acids is 1. The van der Waals surface area contributed by atoms with Gasteiger partial charge in [-0.05, 0) is 57.2 Å². The number of hydrogen-bond donors (Lipinski definition) is 2. The fourth-order valence-corrected chi connectivity index (χ4v) is 3.24. The molecule has 1 heterocycles. The number of nitrogens with one attached hydrogen (secondary N) is 1. The topological polar surface area (TPSA) is 84.2 Å². The second-order valence-corrected chi connectivity index (χ2v) is 7.16. The lowest BCUT2D eigenvalue weighted by Crippen LogP contribution is -2.17. The highest BCUT2D eigenvalue weighted by Gasteiger charge is 2.33. The minimum atomic E-state index is -0.999. The highest BCUT2D eigenvalue weighted by molar-refractivity contribution is 6.06. The number of benzene rings is 1. The van der Waals surface area contributed by atoms with E-state index in [1.807, 2.05) is 11.6 Å². The summed E-state index contributed by atoms with van der Waals surface area (Å²) < 4.78 is 1.97. The molecule has 6 heteroatoms. The van der Waals surface area contributed by atoms with Gasteiger partial charge in [0.2, 0.25) is 0 Å². The normalized spacial score (nSPS) is 14.9.